The molecule has 5 rings (SSSR count). The van der Waals surface area contributed by atoms with Crippen molar-refractivity contribution < 1.29 is 13.2 Å². The third-order valence-corrected chi connectivity index (χ3v) is 8.97. The number of rotatable bonds is 3. The summed E-state index contributed by atoms with van der Waals surface area (Å²) in [6, 6.07) is 13.6. The van der Waals surface area contributed by atoms with Crippen molar-refractivity contribution >= 4 is 39.1 Å². The SMILES string of the molecule is CC1CN2C(=O)Cc3c(S(=O)(=O)N4CCN(c5ccccc5)CC4)ccc(c32)S1. The molecule has 3 heterocycles. The molecular formula is C21H23N3O3S2. The number of para-hydroxylation sites is 1. The third-order valence-electron chi connectivity index (χ3n) is 5.85. The highest BCUT2D eigenvalue weighted by atomic mass is 32.2. The third kappa shape index (κ3) is 3.14. The van der Waals surface area contributed by atoms with Crippen LogP contribution in [0, 0.1) is 0 Å². The molecule has 1 fully saturated rings. The zero-order valence-electron chi connectivity index (χ0n) is 16.2. The molecule has 29 heavy (non-hydrogen) atoms. The van der Waals surface area contributed by atoms with Gasteiger partial charge in [-0.15, -0.1) is 11.8 Å². The van der Waals surface area contributed by atoms with Crippen molar-refractivity contribution in [1.82, 2.24) is 4.31 Å². The van der Waals surface area contributed by atoms with Gasteiger partial charge in [0.15, 0.2) is 0 Å². The average molecular weight is 430 g/mol. The average Bonchev–Trinajstić information content (AvgIpc) is 3.05. The summed E-state index contributed by atoms with van der Waals surface area (Å²) in [5.41, 5.74) is 2.61. The maximum Gasteiger partial charge on any atom is 0.243 e. The Labute approximate surface area is 175 Å². The standard InChI is InChI=1S/C21H23N3O3S2/c1-15-14-24-20(25)13-17-19(8-7-18(28-15)21(17)24)29(26,27)23-11-9-22(10-12-23)16-5-3-2-4-6-16/h2-8,15H,9-14H2,1H3. The number of thioether (sulfide) groups is 1. The zero-order valence-corrected chi connectivity index (χ0v) is 17.9. The van der Waals surface area contributed by atoms with E-state index < -0.39 is 10.0 Å². The topological polar surface area (TPSA) is 60.9 Å². The van der Waals surface area contributed by atoms with Crippen LogP contribution in [0.2, 0.25) is 0 Å². The summed E-state index contributed by atoms with van der Waals surface area (Å²) in [4.78, 5) is 17.8. The van der Waals surface area contributed by atoms with Gasteiger partial charge in [-0.1, -0.05) is 25.1 Å². The van der Waals surface area contributed by atoms with Crippen molar-refractivity contribution in [2.24, 2.45) is 0 Å². The van der Waals surface area contributed by atoms with Gasteiger partial charge in [0.25, 0.3) is 0 Å². The number of nitrogens with zero attached hydrogens (tertiary/aromatic N) is 3. The van der Waals surface area contributed by atoms with E-state index in [4.69, 9.17) is 0 Å². The molecular weight excluding hydrogens is 406 g/mol. The number of carbonyl (C=O) groups is 1. The fraction of sp³-hybridized carbons (Fsp3) is 0.381. The van der Waals surface area contributed by atoms with Crippen molar-refractivity contribution in [3.05, 3.63) is 48.0 Å². The van der Waals surface area contributed by atoms with Gasteiger partial charge in [-0.2, -0.15) is 4.31 Å². The van der Waals surface area contributed by atoms with Crippen molar-refractivity contribution in [2.45, 2.75) is 28.4 Å². The van der Waals surface area contributed by atoms with Crippen molar-refractivity contribution in [3.8, 4) is 0 Å². The second-order valence-corrected chi connectivity index (χ2v) is 11.1. The molecule has 152 valence electrons. The normalized spacial score (nSPS) is 22.1. The smallest absolute Gasteiger partial charge is 0.243 e. The van der Waals surface area contributed by atoms with Crippen LogP contribution in [0.1, 0.15) is 12.5 Å². The van der Waals surface area contributed by atoms with Crippen molar-refractivity contribution in [1.29, 1.82) is 0 Å². The van der Waals surface area contributed by atoms with Gasteiger partial charge in [0.1, 0.15) is 0 Å². The van der Waals surface area contributed by atoms with Crippen LogP contribution < -0.4 is 9.80 Å². The molecule has 1 saturated heterocycles. The largest absolute Gasteiger partial charge is 0.369 e. The number of hydrogen-bond acceptors (Lipinski definition) is 5. The van der Waals surface area contributed by atoms with Crippen LogP contribution in [0.3, 0.4) is 0 Å². The van der Waals surface area contributed by atoms with Crippen LogP contribution in [-0.2, 0) is 21.2 Å². The van der Waals surface area contributed by atoms with Crippen LogP contribution in [0.15, 0.2) is 52.3 Å². The van der Waals surface area contributed by atoms with E-state index in [0.29, 0.717) is 48.4 Å². The van der Waals surface area contributed by atoms with E-state index in [1.165, 1.54) is 0 Å². The Bertz CT molecular complexity index is 1060. The molecule has 0 spiro atoms. The Kier molecular flexibility index (Phi) is 4.60. The molecule has 6 nitrogen and oxygen atoms in total. The molecule has 0 radical (unpaired) electrons. The fourth-order valence-electron chi connectivity index (χ4n) is 4.44. The van der Waals surface area contributed by atoms with E-state index in [-0.39, 0.29) is 12.3 Å². The molecule has 0 N–H and O–H groups in total. The maximum absolute atomic E-state index is 13.5. The van der Waals surface area contributed by atoms with Crippen LogP contribution in [-0.4, -0.2) is 56.6 Å². The second kappa shape index (κ2) is 7.04. The molecule has 0 aromatic heterocycles. The van der Waals surface area contributed by atoms with E-state index in [0.717, 1.165) is 16.3 Å². The molecule has 3 aliphatic rings. The van der Waals surface area contributed by atoms with E-state index in [9.17, 15) is 13.2 Å². The lowest BCUT2D eigenvalue weighted by atomic mass is 10.1. The van der Waals surface area contributed by atoms with E-state index in [2.05, 4.69) is 11.8 Å². The highest BCUT2D eigenvalue weighted by molar-refractivity contribution is 8.00. The van der Waals surface area contributed by atoms with Crippen molar-refractivity contribution in [2.75, 3.05) is 42.5 Å². The molecule has 1 unspecified atom stereocenters. The highest BCUT2D eigenvalue weighted by Gasteiger charge is 2.40. The molecule has 1 amide bonds. The van der Waals surface area contributed by atoms with E-state index in [1.54, 1.807) is 27.0 Å². The Balaban J connectivity index is 1.43. The molecule has 2 aromatic rings. The minimum absolute atomic E-state index is 0.00458. The van der Waals surface area contributed by atoms with Gasteiger partial charge in [0, 0.05) is 54.1 Å². The van der Waals surface area contributed by atoms with Gasteiger partial charge in [-0.25, -0.2) is 8.42 Å². The molecule has 2 aromatic carbocycles. The van der Waals surface area contributed by atoms with Crippen LogP contribution in [0.5, 0.6) is 0 Å². The van der Waals surface area contributed by atoms with Gasteiger partial charge in [0.2, 0.25) is 15.9 Å². The van der Waals surface area contributed by atoms with Crippen LogP contribution >= 0.6 is 11.8 Å². The lowest BCUT2D eigenvalue weighted by Crippen LogP contribution is -2.48. The Morgan fingerprint density at radius 2 is 1.72 bits per heavy atom. The minimum atomic E-state index is -3.64. The van der Waals surface area contributed by atoms with E-state index >= 15 is 0 Å². The summed E-state index contributed by atoms with van der Waals surface area (Å²) in [6.07, 6.45) is 0.176. The van der Waals surface area contributed by atoms with Gasteiger partial charge < -0.3 is 9.80 Å². The summed E-state index contributed by atoms with van der Waals surface area (Å²) in [5.74, 6) is 0.00458. The second-order valence-electron chi connectivity index (χ2n) is 7.73. The molecule has 1 atom stereocenters. The highest BCUT2D eigenvalue weighted by Crippen LogP contribution is 2.46. The number of piperazine rings is 1. The molecule has 0 saturated carbocycles. The first-order valence-corrected chi connectivity index (χ1v) is 12.2. The van der Waals surface area contributed by atoms with Crippen LogP contribution in [0.25, 0.3) is 0 Å². The number of amides is 1. The number of carbonyl (C=O) groups excluding carboxylic acids is 1. The molecule has 0 bridgehead atoms. The number of sulfonamides is 1. The summed E-state index contributed by atoms with van der Waals surface area (Å²) in [7, 11) is -3.64. The monoisotopic (exact) mass is 429 g/mol. The van der Waals surface area contributed by atoms with Crippen molar-refractivity contribution in [3.63, 3.8) is 0 Å². The van der Waals surface area contributed by atoms with Gasteiger partial charge in [-0.05, 0) is 24.3 Å². The predicted molar refractivity (Wildman–Crippen MR) is 115 cm³/mol. The first-order valence-electron chi connectivity index (χ1n) is 9.88. The Hall–Kier alpha value is -2.03. The number of hydrogen-bond donors (Lipinski definition) is 0. The molecule has 0 aliphatic carbocycles. The Morgan fingerprint density at radius 1 is 1.00 bits per heavy atom. The quantitative estimate of drug-likeness (QED) is 0.751. The van der Waals surface area contributed by atoms with Gasteiger partial charge in [-0.3, -0.25) is 4.79 Å². The summed E-state index contributed by atoms with van der Waals surface area (Å²) in [6.45, 7) is 4.93. The summed E-state index contributed by atoms with van der Waals surface area (Å²) >= 11 is 1.72. The number of anilines is 2. The van der Waals surface area contributed by atoms with Gasteiger partial charge >= 0.3 is 0 Å². The number of benzene rings is 2. The fourth-order valence-corrected chi connectivity index (χ4v) is 7.23. The predicted octanol–water partition coefficient (Wildman–Crippen LogP) is 2.58. The van der Waals surface area contributed by atoms with Crippen LogP contribution in [0.4, 0.5) is 11.4 Å². The first kappa shape index (κ1) is 19.0. The zero-order chi connectivity index (χ0) is 20.2. The lowest BCUT2D eigenvalue weighted by molar-refractivity contribution is -0.117. The Morgan fingerprint density at radius 3 is 2.45 bits per heavy atom. The molecule has 8 heteroatoms. The van der Waals surface area contributed by atoms with Gasteiger partial charge in [0.05, 0.1) is 17.0 Å². The summed E-state index contributed by atoms with van der Waals surface area (Å²) in [5, 5.41) is 0.311. The maximum atomic E-state index is 13.5. The lowest BCUT2D eigenvalue weighted by Gasteiger charge is -2.36. The van der Waals surface area contributed by atoms with E-state index in [1.807, 2.05) is 36.4 Å². The minimum Gasteiger partial charge on any atom is -0.369 e. The first-order chi connectivity index (χ1) is 13.9. The molecule has 3 aliphatic heterocycles. The summed E-state index contributed by atoms with van der Waals surface area (Å²) < 4.78 is 28.5.